The molecule has 1 saturated heterocycles. The number of anilines is 1. The molecule has 7 heteroatoms. The number of imide groups is 1. The number of halogens is 2. The molecule has 1 aromatic rings. The van der Waals surface area contributed by atoms with E-state index in [1.165, 1.54) is 4.90 Å². The fourth-order valence-electron chi connectivity index (χ4n) is 3.95. The summed E-state index contributed by atoms with van der Waals surface area (Å²) >= 11 is 7.32. The molecule has 0 radical (unpaired) electrons. The van der Waals surface area contributed by atoms with Crippen LogP contribution < -0.4 is 4.90 Å². The van der Waals surface area contributed by atoms with Crippen LogP contribution in [0.25, 0.3) is 0 Å². The van der Waals surface area contributed by atoms with E-state index in [9.17, 15) is 9.59 Å². The number of carbonyl (C=O) groups is 2. The van der Waals surface area contributed by atoms with E-state index >= 15 is 0 Å². The lowest BCUT2D eigenvalue weighted by atomic mass is 9.81. The maximum atomic E-state index is 12.6. The van der Waals surface area contributed by atoms with Gasteiger partial charge in [-0.3, -0.25) is 9.59 Å². The fraction of sp³-hybridized carbons (Fsp3) is 0.538. The summed E-state index contributed by atoms with van der Waals surface area (Å²) in [5, 5.41) is 0. The molecule has 6 atom stereocenters. The van der Waals surface area contributed by atoms with Crippen LogP contribution >= 0.6 is 31.9 Å². The predicted molar refractivity (Wildman–Crippen MR) is 78.5 cm³/mol. The summed E-state index contributed by atoms with van der Waals surface area (Å²) < 4.78 is 0. The summed E-state index contributed by atoms with van der Waals surface area (Å²) in [5.41, 5.74) is 0. The van der Waals surface area contributed by atoms with E-state index in [1.807, 2.05) is 0 Å². The van der Waals surface area contributed by atoms with Crippen molar-refractivity contribution in [2.75, 3.05) is 4.90 Å². The van der Waals surface area contributed by atoms with Crippen LogP contribution in [0, 0.1) is 23.7 Å². The lowest BCUT2D eigenvalue weighted by molar-refractivity contribution is -0.123. The summed E-state index contributed by atoms with van der Waals surface area (Å²) in [6, 6.07) is 1.67. The van der Waals surface area contributed by atoms with Gasteiger partial charge in [0.15, 0.2) is 0 Å². The third-order valence-corrected chi connectivity index (χ3v) is 7.95. The SMILES string of the molecule is O=C1[C@H]2[C@@H]3C[C@@H]([C@@H](Br)[C@H]3Br)[C@@H]2C(=O)N1c1ncccn1. The Bertz CT molecular complexity index is 565. The molecular formula is C13H11Br2N3O2. The van der Waals surface area contributed by atoms with Gasteiger partial charge in [0.1, 0.15) is 0 Å². The van der Waals surface area contributed by atoms with E-state index in [4.69, 9.17) is 0 Å². The molecule has 0 spiro atoms. The summed E-state index contributed by atoms with van der Waals surface area (Å²) in [6.07, 6.45) is 4.03. The van der Waals surface area contributed by atoms with Crippen molar-refractivity contribution in [2.45, 2.75) is 16.1 Å². The number of aromatic nitrogens is 2. The summed E-state index contributed by atoms with van der Waals surface area (Å²) in [6.45, 7) is 0. The van der Waals surface area contributed by atoms with Gasteiger partial charge in [-0.25, -0.2) is 14.9 Å². The molecular weight excluding hydrogens is 390 g/mol. The second-order valence-corrected chi connectivity index (χ2v) is 7.68. The van der Waals surface area contributed by atoms with Crippen molar-refractivity contribution < 1.29 is 9.59 Å². The molecule has 2 amide bonds. The molecule has 3 aliphatic rings. The molecule has 2 saturated carbocycles. The average Bonchev–Trinajstić information content (AvgIpc) is 3.05. The third-order valence-electron chi connectivity index (χ3n) is 4.74. The first kappa shape index (κ1) is 12.9. The minimum atomic E-state index is -0.213. The van der Waals surface area contributed by atoms with Gasteiger partial charge >= 0.3 is 0 Å². The molecule has 0 aromatic carbocycles. The maximum absolute atomic E-state index is 12.6. The Hall–Kier alpha value is -0.820. The Morgan fingerprint density at radius 1 is 1.00 bits per heavy atom. The number of fused-ring (bicyclic) bond motifs is 5. The van der Waals surface area contributed by atoms with Gasteiger partial charge in [0, 0.05) is 22.0 Å². The summed E-state index contributed by atoms with van der Waals surface area (Å²) in [5.74, 6) is -0.0540. The van der Waals surface area contributed by atoms with E-state index in [0.717, 1.165) is 6.42 Å². The number of rotatable bonds is 1. The zero-order valence-electron chi connectivity index (χ0n) is 10.3. The van der Waals surface area contributed by atoms with Crippen LogP contribution in [-0.4, -0.2) is 31.4 Å². The summed E-state index contributed by atoms with van der Waals surface area (Å²) in [7, 11) is 0. The van der Waals surface area contributed by atoms with Crippen molar-refractivity contribution in [3.05, 3.63) is 18.5 Å². The lowest BCUT2D eigenvalue weighted by Gasteiger charge is -2.28. The molecule has 5 nitrogen and oxygen atoms in total. The van der Waals surface area contributed by atoms with Crippen molar-refractivity contribution in [2.24, 2.45) is 23.7 Å². The van der Waals surface area contributed by atoms with Gasteiger partial charge < -0.3 is 0 Å². The van der Waals surface area contributed by atoms with Gasteiger partial charge in [-0.1, -0.05) is 31.9 Å². The van der Waals surface area contributed by atoms with Crippen LogP contribution in [0.3, 0.4) is 0 Å². The van der Waals surface area contributed by atoms with E-state index in [-0.39, 0.29) is 51.1 Å². The van der Waals surface area contributed by atoms with Crippen LogP contribution in [0.15, 0.2) is 18.5 Å². The molecule has 1 aliphatic heterocycles. The minimum Gasteiger partial charge on any atom is -0.274 e. The van der Waals surface area contributed by atoms with Gasteiger partial charge in [-0.2, -0.15) is 0 Å². The highest BCUT2D eigenvalue weighted by Crippen LogP contribution is 2.60. The number of hydrogen-bond acceptors (Lipinski definition) is 4. The van der Waals surface area contributed by atoms with E-state index in [2.05, 4.69) is 41.8 Å². The topological polar surface area (TPSA) is 63.2 Å². The Morgan fingerprint density at radius 2 is 1.50 bits per heavy atom. The van der Waals surface area contributed by atoms with Gasteiger partial charge in [-0.05, 0) is 24.3 Å². The first-order chi connectivity index (χ1) is 9.61. The molecule has 2 bridgehead atoms. The monoisotopic (exact) mass is 399 g/mol. The molecule has 2 heterocycles. The standard InChI is InChI=1S/C13H11Br2N3O2/c14-9-5-4-6(10(9)15)8-7(5)11(19)18(12(8)20)13-16-2-1-3-17-13/h1-3,5-10H,4H2/t5-,6+,7-,8-,9-,10+/m0/s1. The maximum Gasteiger partial charge on any atom is 0.240 e. The fourth-order valence-corrected chi connectivity index (χ4v) is 5.83. The number of carbonyl (C=O) groups excluding carboxylic acids is 2. The smallest absolute Gasteiger partial charge is 0.240 e. The first-order valence-electron chi connectivity index (χ1n) is 6.54. The predicted octanol–water partition coefficient (Wildman–Crippen LogP) is 1.76. The Balaban J connectivity index is 1.75. The van der Waals surface area contributed by atoms with Crippen molar-refractivity contribution in [1.82, 2.24) is 9.97 Å². The molecule has 0 N–H and O–H groups in total. The van der Waals surface area contributed by atoms with Gasteiger partial charge in [-0.15, -0.1) is 0 Å². The van der Waals surface area contributed by atoms with Gasteiger partial charge in [0.2, 0.25) is 17.8 Å². The van der Waals surface area contributed by atoms with Crippen molar-refractivity contribution in [3.63, 3.8) is 0 Å². The highest BCUT2D eigenvalue weighted by Gasteiger charge is 2.66. The van der Waals surface area contributed by atoms with E-state index in [1.54, 1.807) is 18.5 Å². The summed E-state index contributed by atoms with van der Waals surface area (Å²) in [4.78, 5) is 35.0. The number of nitrogens with zero attached hydrogens (tertiary/aromatic N) is 3. The second kappa shape index (κ2) is 4.34. The van der Waals surface area contributed by atoms with Crippen LogP contribution in [0.4, 0.5) is 5.95 Å². The van der Waals surface area contributed by atoms with E-state index < -0.39 is 0 Å². The number of hydrogen-bond donors (Lipinski definition) is 0. The lowest BCUT2D eigenvalue weighted by Crippen LogP contribution is -2.37. The minimum absolute atomic E-state index is 0.137. The van der Waals surface area contributed by atoms with Crippen LogP contribution in [0.1, 0.15) is 6.42 Å². The second-order valence-electron chi connectivity index (χ2n) is 5.56. The molecule has 0 unspecified atom stereocenters. The Morgan fingerprint density at radius 3 is 2.00 bits per heavy atom. The largest absolute Gasteiger partial charge is 0.274 e. The van der Waals surface area contributed by atoms with Crippen LogP contribution in [0.2, 0.25) is 0 Å². The molecule has 3 fully saturated rings. The van der Waals surface area contributed by atoms with Crippen molar-refractivity contribution in [3.8, 4) is 0 Å². The first-order valence-corrected chi connectivity index (χ1v) is 8.37. The highest BCUT2D eigenvalue weighted by atomic mass is 79.9. The van der Waals surface area contributed by atoms with Crippen molar-refractivity contribution in [1.29, 1.82) is 0 Å². The van der Waals surface area contributed by atoms with Crippen molar-refractivity contribution >= 4 is 49.6 Å². The normalized spacial score (nSPS) is 42.4. The Kier molecular flexibility index (Phi) is 2.79. The van der Waals surface area contributed by atoms with E-state index in [0.29, 0.717) is 0 Å². The molecule has 104 valence electrons. The quantitative estimate of drug-likeness (QED) is 0.532. The Labute approximate surface area is 132 Å². The van der Waals surface area contributed by atoms with Gasteiger partial charge in [0.25, 0.3) is 0 Å². The highest BCUT2D eigenvalue weighted by molar-refractivity contribution is 9.12. The zero-order valence-corrected chi connectivity index (χ0v) is 13.5. The third kappa shape index (κ3) is 1.48. The van der Waals surface area contributed by atoms with Crippen LogP contribution in [0.5, 0.6) is 0 Å². The van der Waals surface area contributed by atoms with Gasteiger partial charge in [0.05, 0.1) is 11.8 Å². The molecule has 4 rings (SSSR count). The number of alkyl halides is 2. The molecule has 20 heavy (non-hydrogen) atoms. The average molecular weight is 401 g/mol. The molecule has 2 aliphatic carbocycles. The molecule has 1 aromatic heterocycles. The zero-order chi connectivity index (χ0) is 14.0. The number of amides is 2. The van der Waals surface area contributed by atoms with Crippen LogP contribution in [-0.2, 0) is 9.59 Å².